The van der Waals surface area contributed by atoms with Gasteiger partial charge in [-0.3, -0.25) is 14.4 Å². The Balaban J connectivity index is 2.01. The molecule has 1 atom stereocenters. The number of ether oxygens (including phenoxy) is 3. The molecule has 39 heavy (non-hydrogen) atoms. The first-order valence-corrected chi connectivity index (χ1v) is 11.6. The first kappa shape index (κ1) is 26.9. The molecule has 0 saturated heterocycles. The number of amides is 1. The van der Waals surface area contributed by atoms with Crippen LogP contribution in [0, 0.1) is 0 Å². The number of rotatable bonds is 9. The van der Waals surface area contributed by atoms with Crippen LogP contribution in [0.4, 0.5) is 0 Å². The van der Waals surface area contributed by atoms with Gasteiger partial charge in [0.05, 0.1) is 20.6 Å². The molecule has 0 spiro atoms. The third-order valence-corrected chi connectivity index (χ3v) is 6.10. The van der Waals surface area contributed by atoms with Crippen molar-refractivity contribution < 1.29 is 43.5 Å². The number of primary amides is 1. The summed E-state index contributed by atoms with van der Waals surface area (Å²) in [7, 11) is 2.54. The van der Waals surface area contributed by atoms with Crippen LogP contribution in [0.1, 0.15) is 23.5 Å². The summed E-state index contributed by atoms with van der Waals surface area (Å²) in [6.07, 6.45) is -0.368. The highest BCUT2D eigenvalue weighted by Crippen LogP contribution is 2.50. The maximum absolute atomic E-state index is 13.1. The van der Waals surface area contributed by atoms with Crippen molar-refractivity contribution in [1.82, 2.24) is 0 Å². The van der Waals surface area contributed by atoms with Crippen molar-refractivity contribution in [2.24, 2.45) is 5.73 Å². The van der Waals surface area contributed by atoms with Gasteiger partial charge in [0.25, 0.3) is 5.91 Å². The third kappa shape index (κ3) is 5.28. The summed E-state index contributed by atoms with van der Waals surface area (Å²) < 4.78 is 21.6. The Hall–Kier alpha value is -5.19. The average Bonchev–Trinajstić information content (AvgIpc) is 2.94. The molecule has 5 N–H and O–H groups in total. The largest absolute Gasteiger partial charge is 0.504 e. The van der Waals surface area contributed by atoms with Crippen molar-refractivity contribution in [3.05, 3.63) is 75.9 Å². The van der Waals surface area contributed by atoms with Gasteiger partial charge in [0.2, 0.25) is 5.75 Å². The fourth-order valence-corrected chi connectivity index (χ4v) is 4.25. The lowest BCUT2D eigenvalue weighted by atomic mass is 9.86. The molecule has 0 aliphatic rings. The Kier molecular flexibility index (Phi) is 7.61. The van der Waals surface area contributed by atoms with Crippen LogP contribution < -0.4 is 20.6 Å². The van der Waals surface area contributed by atoms with E-state index in [4.69, 9.17) is 24.4 Å². The van der Waals surface area contributed by atoms with Crippen LogP contribution in [-0.2, 0) is 14.3 Å². The number of fused-ring (bicyclic) bond motifs is 1. The third-order valence-electron chi connectivity index (χ3n) is 6.10. The molecule has 1 amide bonds. The molecule has 0 aliphatic heterocycles. The molecule has 0 fully saturated rings. The normalized spacial score (nSPS) is 11.6. The van der Waals surface area contributed by atoms with Crippen LogP contribution in [0.5, 0.6) is 28.7 Å². The molecule has 0 radical (unpaired) electrons. The number of nitrogens with two attached hydrogens (primary N) is 1. The minimum atomic E-state index is -1.07. The van der Waals surface area contributed by atoms with Gasteiger partial charge < -0.3 is 39.7 Å². The number of phenols is 3. The number of aromatic hydroxyl groups is 3. The van der Waals surface area contributed by atoms with Gasteiger partial charge in [-0.1, -0.05) is 36.4 Å². The van der Waals surface area contributed by atoms with Gasteiger partial charge in [-0.15, -0.1) is 0 Å². The number of carbonyl (C=O) groups is 2. The van der Waals surface area contributed by atoms with E-state index in [2.05, 4.69) is 0 Å². The zero-order valence-electron chi connectivity index (χ0n) is 21.0. The number of esters is 1. The Morgan fingerprint density at radius 1 is 0.949 bits per heavy atom. The Morgan fingerprint density at radius 3 is 2.31 bits per heavy atom. The smallest absolute Gasteiger partial charge is 0.306 e. The Bertz CT molecular complexity index is 1610. The number of phenolic OH excluding ortho intramolecular Hbond substituents is 3. The highest BCUT2D eigenvalue weighted by molar-refractivity contribution is 5.93. The van der Waals surface area contributed by atoms with Crippen LogP contribution >= 0.6 is 0 Å². The molecule has 0 aliphatic carbocycles. The molecule has 0 saturated carbocycles. The van der Waals surface area contributed by atoms with Gasteiger partial charge in [0.1, 0.15) is 16.7 Å². The number of hydrogen-bond donors (Lipinski definition) is 4. The van der Waals surface area contributed by atoms with E-state index in [-0.39, 0.29) is 40.2 Å². The van der Waals surface area contributed by atoms with E-state index >= 15 is 0 Å². The highest BCUT2D eigenvalue weighted by atomic mass is 16.5. The van der Waals surface area contributed by atoms with Crippen molar-refractivity contribution in [2.45, 2.75) is 12.3 Å². The number of hydrogen-bond acceptors (Lipinski definition) is 10. The van der Waals surface area contributed by atoms with E-state index < -0.39 is 47.1 Å². The minimum Gasteiger partial charge on any atom is -0.504 e. The fourth-order valence-electron chi connectivity index (χ4n) is 4.25. The van der Waals surface area contributed by atoms with E-state index in [0.29, 0.717) is 11.1 Å². The molecule has 1 heterocycles. The monoisotopic (exact) mass is 535 g/mol. The number of benzene rings is 3. The maximum Gasteiger partial charge on any atom is 0.306 e. The van der Waals surface area contributed by atoms with Gasteiger partial charge >= 0.3 is 5.97 Å². The van der Waals surface area contributed by atoms with Gasteiger partial charge in [0.15, 0.2) is 35.0 Å². The van der Waals surface area contributed by atoms with E-state index in [1.54, 1.807) is 30.3 Å². The standard InChI is InChI=1S/C28H25NO10/c1-36-20-10-15(8-9-18(20)38-13-21(29)31)16(11-22(32)37-2)23-25(33)27(35)26(34)24-17(30)12-19(39-28(23)24)14-6-4-3-5-7-14/h3-10,12,16,33-35H,11,13H2,1-2H3,(H2,29,31)/t16-/m0/s1. The predicted molar refractivity (Wildman–Crippen MR) is 139 cm³/mol. The highest BCUT2D eigenvalue weighted by Gasteiger charge is 2.31. The first-order valence-electron chi connectivity index (χ1n) is 11.6. The van der Waals surface area contributed by atoms with Gasteiger partial charge in [-0.25, -0.2) is 0 Å². The second-order valence-electron chi connectivity index (χ2n) is 8.50. The summed E-state index contributed by atoms with van der Waals surface area (Å²) in [5, 5.41) is 31.8. The second-order valence-corrected chi connectivity index (χ2v) is 8.50. The van der Waals surface area contributed by atoms with E-state index in [0.717, 1.165) is 6.07 Å². The van der Waals surface area contributed by atoms with Crippen LogP contribution in [0.25, 0.3) is 22.3 Å². The molecule has 4 rings (SSSR count). The zero-order chi connectivity index (χ0) is 28.3. The van der Waals surface area contributed by atoms with Crippen molar-refractivity contribution >= 4 is 22.8 Å². The van der Waals surface area contributed by atoms with E-state index in [1.165, 1.54) is 32.4 Å². The van der Waals surface area contributed by atoms with E-state index in [1.807, 2.05) is 0 Å². The summed E-state index contributed by atoms with van der Waals surface area (Å²) in [6.45, 7) is -0.411. The summed E-state index contributed by atoms with van der Waals surface area (Å²) in [4.78, 5) is 36.8. The Labute approximate surface area is 221 Å². The van der Waals surface area contributed by atoms with Gasteiger partial charge in [0, 0.05) is 23.1 Å². The Morgan fingerprint density at radius 2 is 1.67 bits per heavy atom. The molecule has 202 valence electrons. The number of methoxy groups -OCH3 is 2. The van der Waals surface area contributed by atoms with Crippen LogP contribution in [-0.4, -0.2) is 48.0 Å². The quantitative estimate of drug-likeness (QED) is 0.184. The van der Waals surface area contributed by atoms with Crippen molar-refractivity contribution in [2.75, 3.05) is 20.8 Å². The SMILES string of the molecule is COC(=O)C[C@@H](c1ccc(OCC(N)=O)c(OC)c1)c1c(O)c(O)c(O)c2c(=O)cc(-c3ccccc3)oc12. The van der Waals surface area contributed by atoms with Crippen molar-refractivity contribution in [1.29, 1.82) is 0 Å². The number of carbonyl (C=O) groups excluding carboxylic acids is 2. The molecule has 4 aromatic rings. The maximum atomic E-state index is 13.1. The lowest BCUT2D eigenvalue weighted by Gasteiger charge is -2.22. The van der Waals surface area contributed by atoms with Crippen LogP contribution in [0.2, 0.25) is 0 Å². The van der Waals surface area contributed by atoms with Crippen LogP contribution in [0.3, 0.4) is 0 Å². The lowest BCUT2D eigenvalue weighted by molar-refractivity contribution is -0.140. The molecule has 11 nitrogen and oxygen atoms in total. The molecular weight excluding hydrogens is 510 g/mol. The first-order chi connectivity index (χ1) is 18.7. The topological polar surface area (TPSA) is 179 Å². The molecular formula is C28H25NO10. The van der Waals surface area contributed by atoms with Gasteiger partial charge in [-0.2, -0.15) is 0 Å². The lowest BCUT2D eigenvalue weighted by Crippen LogP contribution is -2.20. The molecule has 1 aromatic heterocycles. The summed E-state index contributed by atoms with van der Waals surface area (Å²) in [6, 6.07) is 14.3. The van der Waals surface area contributed by atoms with Crippen LogP contribution in [0.15, 0.2) is 63.8 Å². The zero-order valence-corrected chi connectivity index (χ0v) is 21.0. The predicted octanol–water partition coefficient (Wildman–Crippen LogP) is 3.14. The molecule has 0 unspecified atom stereocenters. The van der Waals surface area contributed by atoms with E-state index in [9.17, 15) is 29.7 Å². The van der Waals surface area contributed by atoms with Gasteiger partial charge in [-0.05, 0) is 17.7 Å². The fraction of sp³-hybridized carbons (Fsp3) is 0.179. The van der Waals surface area contributed by atoms with Crippen molar-refractivity contribution in [3.63, 3.8) is 0 Å². The second kappa shape index (κ2) is 11.1. The molecule has 3 aromatic carbocycles. The summed E-state index contributed by atoms with van der Waals surface area (Å²) >= 11 is 0. The average molecular weight is 536 g/mol. The molecule has 0 bridgehead atoms. The summed E-state index contributed by atoms with van der Waals surface area (Å²) in [5.74, 6) is -4.61. The summed E-state index contributed by atoms with van der Waals surface area (Å²) in [5.41, 5.74) is 4.98. The van der Waals surface area contributed by atoms with Crippen molar-refractivity contribution in [3.8, 4) is 40.1 Å². The minimum absolute atomic E-state index is 0.128. The molecule has 11 heteroatoms.